The summed E-state index contributed by atoms with van der Waals surface area (Å²) in [5.41, 5.74) is 7.30. The Kier molecular flexibility index (Phi) is 6.39. The van der Waals surface area contributed by atoms with Gasteiger partial charge < -0.3 is 18.6 Å². The van der Waals surface area contributed by atoms with E-state index in [1.54, 1.807) is 0 Å². The number of rotatable bonds is 4. The molecule has 7 rings (SSSR count). The third-order valence-electron chi connectivity index (χ3n) is 7.33. The first-order chi connectivity index (χ1) is 19.1. The largest absolute Gasteiger partial charge is 2.00 e. The van der Waals surface area contributed by atoms with Crippen molar-refractivity contribution in [1.29, 1.82) is 0 Å². The minimum absolute atomic E-state index is 0. The fourth-order valence-electron chi connectivity index (χ4n) is 5.01. The van der Waals surface area contributed by atoms with E-state index in [9.17, 15) is 0 Å². The second-order valence-corrected chi connectivity index (χ2v) is 12.3. The molecule has 0 fully saturated rings. The molecule has 7 aromatic rings. The molecule has 3 aromatic carbocycles. The van der Waals surface area contributed by atoms with E-state index in [-0.39, 0.29) is 31.9 Å². The molecule has 0 N–H and O–H groups in total. The maximum atomic E-state index is 6.47. The number of benzene rings is 3. The molecule has 0 saturated carbocycles. The average Bonchev–Trinajstić information content (AvgIpc) is 3.65. The van der Waals surface area contributed by atoms with Crippen LogP contribution in [-0.4, -0.2) is 14.8 Å². The molecule has 41 heavy (non-hydrogen) atoms. The fraction of sp³-hybridized carbons (Fsp3) is 0.235. The predicted molar refractivity (Wildman–Crippen MR) is 157 cm³/mol. The van der Waals surface area contributed by atoms with Crippen molar-refractivity contribution in [2.75, 3.05) is 0 Å². The van der Waals surface area contributed by atoms with Gasteiger partial charge in [0.2, 0.25) is 0 Å². The summed E-state index contributed by atoms with van der Waals surface area (Å²) in [6, 6.07) is 22.5. The Morgan fingerprint density at radius 2 is 1.51 bits per heavy atom. The van der Waals surface area contributed by atoms with E-state index in [1.807, 2.05) is 65.7 Å². The van der Waals surface area contributed by atoms with Crippen LogP contribution in [0, 0.1) is 12.1 Å². The fourth-order valence-corrected chi connectivity index (χ4v) is 5.01. The molecular formula is C34H29N3O3Pt. The van der Waals surface area contributed by atoms with Gasteiger partial charge in [0.1, 0.15) is 11.2 Å². The van der Waals surface area contributed by atoms with Crippen molar-refractivity contribution in [2.24, 2.45) is 0 Å². The third kappa shape index (κ3) is 4.64. The molecule has 0 unspecified atom stereocenters. The first-order valence-electron chi connectivity index (χ1n) is 13.4. The molecule has 4 aromatic heterocycles. The van der Waals surface area contributed by atoms with Gasteiger partial charge in [-0.15, -0.1) is 18.2 Å². The van der Waals surface area contributed by atoms with Crippen LogP contribution in [0.1, 0.15) is 52.7 Å². The standard InChI is InChI=1S/C34H29N3O3.Pt/c1-33(2,3)20-13-14-35-25(15-20)24-17-28(32-30-29-26(39-31(24)30)11-8-12-27(29)40-32)38-23-10-7-9-22(16-23)37-19-21(18-36-37)34(4,5)6;/h7-15,18-19H,1-6H3;/q-2;+2. The number of nitrogens with zero attached hydrogens (tertiary/aromatic N) is 3. The van der Waals surface area contributed by atoms with Crippen LogP contribution in [-0.2, 0) is 31.9 Å². The molecule has 0 aliphatic carbocycles. The Hall–Kier alpha value is -3.89. The smallest absolute Gasteiger partial charge is 0.500 e. The summed E-state index contributed by atoms with van der Waals surface area (Å²) in [5, 5.41) is 6.36. The van der Waals surface area contributed by atoms with E-state index >= 15 is 0 Å². The SMILES string of the molecule is CC(C)(C)c1ccnc(-c2[c-]c(Oc3[c-]c(-n4cc(C(C)(C)C)cn4)ccc3)c3oc4cccc5oc2c3c45)c1.[Pt+2]. The number of ether oxygens (including phenoxy) is 1. The molecule has 0 atom stereocenters. The van der Waals surface area contributed by atoms with Gasteiger partial charge in [-0.2, -0.15) is 11.2 Å². The van der Waals surface area contributed by atoms with Gasteiger partial charge in [0.05, 0.1) is 28.5 Å². The monoisotopic (exact) mass is 722 g/mol. The van der Waals surface area contributed by atoms with E-state index in [1.165, 1.54) is 5.56 Å². The van der Waals surface area contributed by atoms with Gasteiger partial charge in [-0.1, -0.05) is 65.3 Å². The van der Waals surface area contributed by atoms with Crippen LogP contribution in [0.2, 0.25) is 0 Å². The van der Waals surface area contributed by atoms with Crippen molar-refractivity contribution in [3.8, 4) is 28.4 Å². The van der Waals surface area contributed by atoms with Crippen molar-refractivity contribution in [3.05, 3.63) is 90.4 Å². The number of hydrogen-bond acceptors (Lipinski definition) is 5. The van der Waals surface area contributed by atoms with Crippen molar-refractivity contribution in [3.63, 3.8) is 0 Å². The van der Waals surface area contributed by atoms with E-state index < -0.39 is 0 Å². The average molecular weight is 723 g/mol. The summed E-state index contributed by atoms with van der Waals surface area (Å²) in [6.07, 6.45) is 5.76. The van der Waals surface area contributed by atoms with Gasteiger partial charge in [-0.3, -0.25) is 4.68 Å². The molecule has 0 spiro atoms. The number of hydrogen-bond donors (Lipinski definition) is 0. The van der Waals surface area contributed by atoms with Crippen LogP contribution in [0.5, 0.6) is 11.5 Å². The van der Waals surface area contributed by atoms with Crippen molar-refractivity contribution in [1.82, 2.24) is 14.8 Å². The van der Waals surface area contributed by atoms with Gasteiger partial charge in [-0.25, -0.2) is 0 Å². The molecule has 208 valence electrons. The number of pyridine rings is 1. The number of furan rings is 2. The zero-order valence-corrected chi connectivity index (χ0v) is 26.0. The zero-order valence-electron chi connectivity index (χ0n) is 23.7. The second kappa shape index (κ2) is 9.59. The van der Waals surface area contributed by atoms with Crippen LogP contribution in [0.3, 0.4) is 0 Å². The van der Waals surface area contributed by atoms with Gasteiger partial charge in [0.25, 0.3) is 0 Å². The molecular weight excluding hydrogens is 693 g/mol. The van der Waals surface area contributed by atoms with Crippen LogP contribution in [0.15, 0.2) is 76.0 Å². The molecule has 4 heterocycles. The number of aromatic nitrogens is 3. The maximum Gasteiger partial charge on any atom is 2.00 e. The first-order valence-corrected chi connectivity index (χ1v) is 13.4. The van der Waals surface area contributed by atoms with Crippen LogP contribution in [0.4, 0.5) is 0 Å². The first kappa shape index (κ1) is 27.3. The summed E-state index contributed by atoms with van der Waals surface area (Å²) >= 11 is 0. The van der Waals surface area contributed by atoms with Gasteiger partial charge >= 0.3 is 21.1 Å². The molecule has 7 heteroatoms. The summed E-state index contributed by atoms with van der Waals surface area (Å²) in [6.45, 7) is 13.1. The summed E-state index contributed by atoms with van der Waals surface area (Å²) in [7, 11) is 0. The Bertz CT molecular complexity index is 2020. The zero-order chi connectivity index (χ0) is 27.8. The second-order valence-electron chi connectivity index (χ2n) is 12.3. The third-order valence-corrected chi connectivity index (χ3v) is 7.33. The Morgan fingerprint density at radius 3 is 2.22 bits per heavy atom. The summed E-state index contributed by atoms with van der Waals surface area (Å²) < 4.78 is 21.0. The van der Waals surface area contributed by atoms with Crippen molar-refractivity contribution in [2.45, 2.75) is 52.4 Å². The van der Waals surface area contributed by atoms with E-state index in [0.29, 0.717) is 22.7 Å². The van der Waals surface area contributed by atoms with Gasteiger partial charge in [0, 0.05) is 18.1 Å². The van der Waals surface area contributed by atoms with Gasteiger partial charge in [-0.05, 0) is 56.9 Å². The van der Waals surface area contributed by atoms with Crippen LogP contribution in [0.25, 0.3) is 50.0 Å². The van der Waals surface area contributed by atoms with E-state index in [4.69, 9.17) is 18.6 Å². The van der Waals surface area contributed by atoms with Crippen molar-refractivity contribution < 1.29 is 34.6 Å². The van der Waals surface area contributed by atoms with Crippen LogP contribution < -0.4 is 4.74 Å². The summed E-state index contributed by atoms with van der Waals surface area (Å²) in [4.78, 5) is 4.71. The molecule has 0 aliphatic heterocycles. The minimum atomic E-state index is -0.0387. The Balaban J connectivity index is 0.00000302. The normalized spacial score (nSPS) is 12.4. The molecule has 6 nitrogen and oxygen atoms in total. The molecule has 0 aliphatic rings. The molecule has 0 radical (unpaired) electrons. The van der Waals surface area contributed by atoms with Crippen LogP contribution >= 0.6 is 0 Å². The maximum absolute atomic E-state index is 6.47. The topological polar surface area (TPSA) is 66.2 Å². The predicted octanol–water partition coefficient (Wildman–Crippen LogP) is 9.00. The molecule has 0 saturated heterocycles. The Morgan fingerprint density at radius 1 is 0.805 bits per heavy atom. The quantitative estimate of drug-likeness (QED) is 0.170. The van der Waals surface area contributed by atoms with E-state index in [2.05, 4.69) is 64.8 Å². The minimum Gasteiger partial charge on any atom is -0.500 e. The van der Waals surface area contributed by atoms with E-state index in [0.717, 1.165) is 44.4 Å². The molecule has 0 amide bonds. The summed E-state index contributed by atoms with van der Waals surface area (Å²) in [5.74, 6) is 0.979. The molecule has 0 bridgehead atoms. The van der Waals surface area contributed by atoms with Gasteiger partial charge in [0.15, 0.2) is 0 Å². The van der Waals surface area contributed by atoms with Crippen molar-refractivity contribution >= 4 is 33.1 Å². The Labute approximate surface area is 252 Å².